The lowest BCUT2D eigenvalue weighted by Crippen LogP contribution is -2.61. The third-order valence-corrected chi connectivity index (χ3v) is 15.4. The van der Waals surface area contributed by atoms with E-state index in [1.165, 1.54) is 9.13 Å². The van der Waals surface area contributed by atoms with Gasteiger partial charge < -0.3 is 31.5 Å². The smallest absolute Gasteiger partial charge is 0.332 e. The number of benzene rings is 2. The van der Waals surface area contributed by atoms with Gasteiger partial charge in [-0.1, -0.05) is 63.0 Å². The van der Waals surface area contributed by atoms with Crippen LogP contribution >= 0.6 is 23.2 Å². The zero-order chi connectivity index (χ0) is 55.6. The molecule has 0 radical (unpaired) electrons. The van der Waals surface area contributed by atoms with Crippen LogP contribution in [-0.2, 0) is 51.9 Å². The Morgan fingerprint density at radius 2 is 1.05 bits per heavy atom. The maximum atomic E-state index is 15.7. The van der Waals surface area contributed by atoms with Gasteiger partial charge in [-0.25, -0.2) is 19.6 Å². The first-order valence-corrected chi connectivity index (χ1v) is 27.7. The highest BCUT2D eigenvalue weighted by Crippen LogP contribution is 2.47. The van der Waals surface area contributed by atoms with Gasteiger partial charge in [0, 0.05) is 101 Å². The minimum Gasteiger partial charge on any atom is -0.399 e. The summed E-state index contributed by atoms with van der Waals surface area (Å²) in [6, 6.07) is 14.3. The SMILES string of the molecule is CCCn1c(=O)c2c(n(CCc3ccc(N)c(Cl)c3)c1=O)N(N1c3c(c(=O)n(CCC)c(=O)n3CCc3ccc(N)cc3Cl)N(CCN(CC)CCO)C1Cc1ccnnc1)C(Cc1ccnnc1)N2CCN(CC)CCO. The number of aliphatic hydroxyl groups excluding tert-OH is 2. The van der Waals surface area contributed by atoms with Crippen LogP contribution in [0.4, 0.5) is 34.4 Å². The third kappa shape index (κ3) is 12.1. The van der Waals surface area contributed by atoms with Gasteiger partial charge in [-0.3, -0.25) is 37.7 Å². The summed E-state index contributed by atoms with van der Waals surface area (Å²) in [5.41, 5.74) is 14.6. The average Bonchev–Trinajstić information content (AvgIpc) is 4.15. The van der Waals surface area contributed by atoms with Crippen molar-refractivity contribution < 1.29 is 10.2 Å². The quantitative estimate of drug-likeness (QED) is 0.0540. The van der Waals surface area contributed by atoms with E-state index >= 15 is 19.2 Å². The molecule has 2 unspecified atom stereocenters. The largest absolute Gasteiger partial charge is 0.399 e. The highest BCUT2D eigenvalue weighted by molar-refractivity contribution is 6.33. The van der Waals surface area contributed by atoms with E-state index in [9.17, 15) is 10.2 Å². The first kappa shape index (κ1) is 57.4. The van der Waals surface area contributed by atoms with Gasteiger partial charge in [-0.15, -0.1) is 0 Å². The number of anilines is 6. The van der Waals surface area contributed by atoms with Crippen LogP contribution in [0.1, 0.15) is 62.8 Å². The van der Waals surface area contributed by atoms with E-state index in [0.717, 1.165) is 22.3 Å². The molecule has 0 spiro atoms. The zero-order valence-electron chi connectivity index (χ0n) is 44.9. The second-order valence-corrected chi connectivity index (χ2v) is 20.4. The lowest BCUT2D eigenvalue weighted by Gasteiger charge is -2.44. The first-order valence-electron chi connectivity index (χ1n) is 26.9. The molecule has 6 aromatic rings. The fourth-order valence-electron chi connectivity index (χ4n) is 10.7. The minimum absolute atomic E-state index is 0.0487. The number of fused-ring (bicyclic) bond motifs is 2. The molecule has 6 heterocycles. The van der Waals surface area contributed by atoms with Crippen LogP contribution < -0.4 is 53.8 Å². The number of hydrazine groups is 1. The number of nitrogens with two attached hydrogens (primary N) is 2. The van der Waals surface area contributed by atoms with E-state index in [1.54, 1.807) is 58.2 Å². The number of nitrogens with zero attached hydrogens (tertiary/aromatic N) is 14. The number of hydrogen-bond acceptors (Lipinski definition) is 18. The van der Waals surface area contributed by atoms with Gasteiger partial charge in [0.15, 0.2) is 11.6 Å². The molecule has 8 rings (SSSR count). The van der Waals surface area contributed by atoms with Crippen molar-refractivity contribution in [3.8, 4) is 0 Å². The summed E-state index contributed by atoms with van der Waals surface area (Å²) in [7, 11) is 0. The van der Waals surface area contributed by atoms with Gasteiger partial charge in [0.05, 0.1) is 36.3 Å². The lowest BCUT2D eigenvalue weighted by atomic mass is 10.1. The predicted octanol–water partition coefficient (Wildman–Crippen LogP) is 3.32. The van der Waals surface area contributed by atoms with Crippen LogP contribution in [0.15, 0.2) is 92.5 Å². The molecule has 2 aliphatic rings. The van der Waals surface area contributed by atoms with E-state index in [4.69, 9.17) is 34.7 Å². The van der Waals surface area contributed by atoms with Crippen molar-refractivity contribution in [1.82, 2.24) is 48.5 Å². The number of aromatic nitrogens is 8. The Hall–Kier alpha value is -6.82. The minimum atomic E-state index is -0.835. The molecule has 22 nitrogen and oxygen atoms in total. The van der Waals surface area contributed by atoms with Crippen LogP contribution in [0, 0.1) is 0 Å². The Balaban J connectivity index is 1.50. The maximum absolute atomic E-state index is 15.7. The summed E-state index contributed by atoms with van der Waals surface area (Å²) < 4.78 is 5.86. The number of nitrogen functional groups attached to an aromatic ring is 2. The van der Waals surface area contributed by atoms with Crippen LogP contribution in [0.2, 0.25) is 10.0 Å². The van der Waals surface area contributed by atoms with E-state index < -0.39 is 34.8 Å². The molecule has 78 heavy (non-hydrogen) atoms. The van der Waals surface area contributed by atoms with E-state index in [-0.39, 0.29) is 94.8 Å². The van der Waals surface area contributed by atoms with Crippen LogP contribution in [0.3, 0.4) is 0 Å². The molecule has 4 aromatic heterocycles. The molecule has 24 heteroatoms. The van der Waals surface area contributed by atoms with E-state index in [2.05, 4.69) is 30.2 Å². The highest BCUT2D eigenvalue weighted by atomic mass is 35.5. The van der Waals surface area contributed by atoms with Crippen molar-refractivity contribution in [2.75, 3.05) is 96.9 Å². The Kier molecular flexibility index (Phi) is 19.3. The van der Waals surface area contributed by atoms with Gasteiger partial charge in [0.25, 0.3) is 11.1 Å². The number of rotatable bonds is 27. The topological polar surface area (TPSA) is 251 Å². The maximum Gasteiger partial charge on any atom is 0.332 e. The third-order valence-electron chi connectivity index (χ3n) is 14.7. The van der Waals surface area contributed by atoms with Crippen LogP contribution in [-0.4, -0.2) is 137 Å². The molecule has 418 valence electrons. The van der Waals surface area contributed by atoms with Crippen molar-refractivity contribution in [3.63, 3.8) is 0 Å². The zero-order valence-corrected chi connectivity index (χ0v) is 46.4. The molecule has 0 saturated carbocycles. The number of hydrogen-bond donors (Lipinski definition) is 4. The van der Waals surface area contributed by atoms with Crippen molar-refractivity contribution in [1.29, 1.82) is 0 Å². The molecule has 0 aliphatic carbocycles. The molecule has 2 aromatic carbocycles. The molecule has 6 N–H and O–H groups in total. The fourth-order valence-corrected chi connectivity index (χ4v) is 11.2. The van der Waals surface area contributed by atoms with Crippen molar-refractivity contribution in [2.45, 2.75) is 105 Å². The highest BCUT2D eigenvalue weighted by Gasteiger charge is 2.52. The summed E-state index contributed by atoms with van der Waals surface area (Å²) in [5, 5.41) is 41.9. The summed E-state index contributed by atoms with van der Waals surface area (Å²) in [6.07, 6.45) is 6.78. The summed E-state index contributed by atoms with van der Waals surface area (Å²) >= 11 is 13.5. The van der Waals surface area contributed by atoms with Gasteiger partial charge >= 0.3 is 11.4 Å². The Morgan fingerprint density at radius 3 is 1.47 bits per heavy atom. The second kappa shape index (κ2) is 26.2. The number of halogens is 2. The normalized spacial score (nSPS) is 15.1. The molecule has 0 bridgehead atoms. The summed E-state index contributed by atoms with van der Waals surface area (Å²) in [6.45, 7) is 11.3. The summed E-state index contributed by atoms with van der Waals surface area (Å²) in [5.74, 6) is 0.514. The van der Waals surface area contributed by atoms with Crippen molar-refractivity contribution in [2.24, 2.45) is 0 Å². The van der Waals surface area contributed by atoms with Gasteiger partial charge in [-0.2, -0.15) is 20.4 Å². The molecule has 0 saturated heterocycles. The summed E-state index contributed by atoms with van der Waals surface area (Å²) in [4.78, 5) is 70.8. The fraction of sp³-hybridized carbons (Fsp3) is 0.481. The molecular formula is C54H72Cl2N16O6. The average molecular weight is 1110 g/mol. The monoisotopic (exact) mass is 1110 g/mol. The van der Waals surface area contributed by atoms with Crippen molar-refractivity contribution >= 4 is 57.6 Å². The van der Waals surface area contributed by atoms with E-state index in [1.807, 2.05) is 71.8 Å². The number of aliphatic hydroxyl groups is 2. The standard InChI is InChI=1S/C54H72Cl2N16O6/c1-5-19-69-51(75)47-49(67(53(69)77)21-15-37-9-12-44(58)43(56)31-37)71(45(32-38-13-17-59-61-35-38)65(47)25-23-63(7-3)27-29-73)72-46(33-39-14-18-60-62-36-39)66(26-24-64(8-4)28-30-74)48-50(72)68(54(78)70(20-6-2)52(48)76)22-16-40-10-11-41(57)34-42(40)55/h9-14,17-18,31,34-36,45-46,73-74H,5-8,15-16,19-30,32-33,57-58H2,1-4H3. The second-order valence-electron chi connectivity index (χ2n) is 19.6. The van der Waals surface area contributed by atoms with Gasteiger partial charge in [-0.05, 0) is 97.4 Å². The van der Waals surface area contributed by atoms with E-state index in [0.29, 0.717) is 80.0 Å². The first-order chi connectivity index (χ1) is 37.8. The molecule has 0 amide bonds. The van der Waals surface area contributed by atoms with Crippen molar-refractivity contribution in [3.05, 3.63) is 147 Å². The number of likely N-dealkylation sites (N-methyl/N-ethyl adjacent to an activating group) is 2. The number of aryl methyl sites for hydroxylation is 2. The Morgan fingerprint density at radius 1 is 0.551 bits per heavy atom. The predicted molar refractivity (Wildman–Crippen MR) is 307 cm³/mol. The Bertz CT molecular complexity index is 3250. The molecule has 2 aliphatic heterocycles. The van der Waals surface area contributed by atoms with Crippen LogP contribution in [0.5, 0.6) is 0 Å². The molecule has 0 fully saturated rings. The Labute approximate surface area is 463 Å². The van der Waals surface area contributed by atoms with Gasteiger partial charge in [0.2, 0.25) is 0 Å². The molecular weight excluding hydrogens is 1040 g/mol. The lowest BCUT2D eigenvalue weighted by molar-refractivity contribution is 0.203. The van der Waals surface area contributed by atoms with Crippen LogP contribution in [0.25, 0.3) is 0 Å². The van der Waals surface area contributed by atoms with Gasteiger partial charge in [0.1, 0.15) is 23.7 Å². The molecule has 2 atom stereocenters.